The van der Waals surface area contributed by atoms with Gasteiger partial charge in [0.2, 0.25) is 5.88 Å². The van der Waals surface area contributed by atoms with E-state index in [1.165, 1.54) is 4.88 Å². The molecule has 0 radical (unpaired) electrons. The van der Waals surface area contributed by atoms with Crippen LogP contribution in [0.15, 0.2) is 32.7 Å². The number of hydrogen-bond acceptors (Lipinski definition) is 4. The number of thiophene rings is 1. The van der Waals surface area contributed by atoms with E-state index < -0.39 is 0 Å². The SMILES string of the molecule is CCOc1ncccc1NCc1cc(Br)c(Br)s1. The molecule has 6 heteroatoms. The number of ether oxygens (including phenoxy) is 1. The summed E-state index contributed by atoms with van der Waals surface area (Å²) in [7, 11) is 0. The third-order valence-electron chi connectivity index (χ3n) is 2.20. The van der Waals surface area contributed by atoms with Gasteiger partial charge in [0.25, 0.3) is 0 Å². The number of nitrogens with zero attached hydrogens (tertiary/aromatic N) is 1. The predicted molar refractivity (Wildman–Crippen MR) is 82.5 cm³/mol. The van der Waals surface area contributed by atoms with E-state index >= 15 is 0 Å². The third kappa shape index (κ3) is 3.46. The van der Waals surface area contributed by atoms with Crippen LogP contribution in [-0.2, 0) is 6.54 Å². The molecule has 0 amide bonds. The molecule has 0 aliphatic carbocycles. The first-order valence-corrected chi connectivity index (χ1v) is 7.86. The maximum Gasteiger partial charge on any atom is 0.237 e. The normalized spacial score (nSPS) is 10.4. The number of nitrogens with one attached hydrogen (secondary N) is 1. The highest BCUT2D eigenvalue weighted by atomic mass is 79.9. The quantitative estimate of drug-likeness (QED) is 0.803. The van der Waals surface area contributed by atoms with Crippen LogP contribution in [0.2, 0.25) is 0 Å². The first-order valence-electron chi connectivity index (χ1n) is 5.46. The van der Waals surface area contributed by atoms with Crippen LogP contribution < -0.4 is 10.1 Å². The van der Waals surface area contributed by atoms with Gasteiger partial charge in [0.05, 0.1) is 16.1 Å². The van der Waals surface area contributed by atoms with Gasteiger partial charge in [-0.25, -0.2) is 4.98 Å². The van der Waals surface area contributed by atoms with Crippen LogP contribution >= 0.6 is 43.2 Å². The lowest BCUT2D eigenvalue weighted by molar-refractivity contribution is 0.328. The minimum atomic E-state index is 0.613. The van der Waals surface area contributed by atoms with Crippen molar-refractivity contribution in [3.8, 4) is 5.88 Å². The van der Waals surface area contributed by atoms with Crippen molar-refractivity contribution in [1.82, 2.24) is 4.98 Å². The molecular weight excluding hydrogens is 380 g/mol. The van der Waals surface area contributed by atoms with Crippen LogP contribution in [0.5, 0.6) is 5.88 Å². The van der Waals surface area contributed by atoms with E-state index in [1.807, 2.05) is 19.1 Å². The van der Waals surface area contributed by atoms with Crippen LogP contribution in [0.25, 0.3) is 0 Å². The van der Waals surface area contributed by atoms with E-state index in [-0.39, 0.29) is 0 Å². The Morgan fingerprint density at radius 1 is 1.44 bits per heavy atom. The molecule has 1 N–H and O–H groups in total. The Hall–Kier alpha value is -0.590. The Balaban J connectivity index is 2.05. The van der Waals surface area contributed by atoms with Crippen molar-refractivity contribution in [3.05, 3.63) is 37.5 Å². The second-order valence-corrected chi connectivity index (χ2v) is 6.79. The summed E-state index contributed by atoms with van der Waals surface area (Å²) in [6, 6.07) is 5.96. The summed E-state index contributed by atoms with van der Waals surface area (Å²) in [6.07, 6.45) is 1.73. The number of rotatable bonds is 5. The first kappa shape index (κ1) is 13.8. The maximum absolute atomic E-state index is 5.47. The topological polar surface area (TPSA) is 34.1 Å². The van der Waals surface area contributed by atoms with Gasteiger partial charge < -0.3 is 10.1 Å². The van der Waals surface area contributed by atoms with Crippen molar-refractivity contribution in [3.63, 3.8) is 0 Å². The van der Waals surface area contributed by atoms with Crippen molar-refractivity contribution in [2.75, 3.05) is 11.9 Å². The minimum absolute atomic E-state index is 0.613. The molecule has 2 rings (SSSR count). The van der Waals surface area contributed by atoms with Gasteiger partial charge in [0.1, 0.15) is 0 Å². The van der Waals surface area contributed by atoms with E-state index in [0.717, 1.165) is 20.5 Å². The number of anilines is 1. The first-order chi connectivity index (χ1) is 8.70. The van der Waals surface area contributed by atoms with Gasteiger partial charge in [-0.2, -0.15) is 0 Å². The number of hydrogen-bond donors (Lipinski definition) is 1. The average molecular weight is 392 g/mol. The van der Waals surface area contributed by atoms with Crippen LogP contribution in [-0.4, -0.2) is 11.6 Å². The lowest BCUT2D eigenvalue weighted by Crippen LogP contribution is -2.02. The largest absolute Gasteiger partial charge is 0.476 e. The van der Waals surface area contributed by atoms with E-state index in [0.29, 0.717) is 12.5 Å². The predicted octanol–water partition coefficient (Wildman–Crippen LogP) is 4.68. The molecule has 0 bridgehead atoms. The number of halogens is 2. The number of pyridine rings is 1. The summed E-state index contributed by atoms with van der Waals surface area (Å²) in [4.78, 5) is 5.44. The molecule has 96 valence electrons. The van der Waals surface area contributed by atoms with Crippen LogP contribution in [0.1, 0.15) is 11.8 Å². The zero-order valence-electron chi connectivity index (χ0n) is 9.74. The fourth-order valence-electron chi connectivity index (χ4n) is 1.44. The second-order valence-electron chi connectivity index (χ2n) is 3.48. The molecule has 2 aromatic heterocycles. The summed E-state index contributed by atoms with van der Waals surface area (Å²) in [6.45, 7) is 3.31. The lowest BCUT2D eigenvalue weighted by Gasteiger charge is -2.09. The van der Waals surface area contributed by atoms with Gasteiger partial charge in [-0.3, -0.25) is 0 Å². The third-order valence-corrected chi connectivity index (χ3v) is 5.46. The van der Waals surface area contributed by atoms with Gasteiger partial charge in [-0.15, -0.1) is 11.3 Å². The maximum atomic E-state index is 5.47. The van der Waals surface area contributed by atoms with Crippen molar-refractivity contribution >= 4 is 48.9 Å². The number of aromatic nitrogens is 1. The van der Waals surface area contributed by atoms with Crippen molar-refractivity contribution in [1.29, 1.82) is 0 Å². The zero-order chi connectivity index (χ0) is 13.0. The molecule has 2 heterocycles. The molecular formula is C12H12Br2N2OS. The van der Waals surface area contributed by atoms with Gasteiger partial charge in [0, 0.05) is 22.1 Å². The molecule has 0 atom stereocenters. The zero-order valence-corrected chi connectivity index (χ0v) is 13.7. The summed E-state index contributed by atoms with van der Waals surface area (Å²) in [5.41, 5.74) is 0.917. The van der Waals surface area contributed by atoms with Crippen molar-refractivity contribution in [2.24, 2.45) is 0 Å². The molecule has 2 aromatic rings. The Bertz CT molecular complexity index is 511. The van der Waals surface area contributed by atoms with Gasteiger partial charge >= 0.3 is 0 Å². The minimum Gasteiger partial charge on any atom is -0.476 e. The highest BCUT2D eigenvalue weighted by molar-refractivity contribution is 9.13. The van der Waals surface area contributed by atoms with E-state index in [1.54, 1.807) is 17.5 Å². The van der Waals surface area contributed by atoms with Gasteiger partial charge in [-0.1, -0.05) is 0 Å². The van der Waals surface area contributed by atoms with Crippen molar-refractivity contribution < 1.29 is 4.74 Å². The molecule has 0 spiro atoms. The molecule has 18 heavy (non-hydrogen) atoms. The monoisotopic (exact) mass is 390 g/mol. The van der Waals surface area contributed by atoms with Crippen LogP contribution in [0.4, 0.5) is 5.69 Å². The molecule has 0 unspecified atom stereocenters. The Labute approximate surface area is 127 Å². The molecule has 0 saturated heterocycles. The molecule has 0 saturated carbocycles. The second kappa shape index (κ2) is 6.54. The van der Waals surface area contributed by atoms with E-state index in [9.17, 15) is 0 Å². The fraction of sp³-hybridized carbons (Fsp3) is 0.250. The molecule has 0 fully saturated rings. The molecule has 0 aromatic carbocycles. The van der Waals surface area contributed by atoms with E-state index in [4.69, 9.17) is 4.74 Å². The molecule has 0 aliphatic rings. The van der Waals surface area contributed by atoms with E-state index in [2.05, 4.69) is 48.2 Å². The van der Waals surface area contributed by atoms with Crippen LogP contribution in [0.3, 0.4) is 0 Å². The Morgan fingerprint density at radius 2 is 2.28 bits per heavy atom. The smallest absolute Gasteiger partial charge is 0.237 e. The summed E-state index contributed by atoms with van der Waals surface area (Å²) >= 11 is 8.67. The van der Waals surface area contributed by atoms with Crippen LogP contribution in [0, 0.1) is 0 Å². The highest BCUT2D eigenvalue weighted by Gasteiger charge is 2.06. The summed E-state index contributed by atoms with van der Waals surface area (Å²) < 4.78 is 7.66. The summed E-state index contributed by atoms with van der Waals surface area (Å²) in [5.74, 6) is 0.648. The fourth-order valence-corrected chi connectivity index (χ4v) is 3.55. The summed E-state index contributed by atoms with van der Waals surface area (Å²) in [5, 5.41) is 3.34. The lowest BCUT2D eigenvalue weighted by atomic mass is 10.4. The molecule has 0 aliphatic heterocycles. The van der Waals surface area contributed by atoms with Crippen molar-refractivity contribution in [2.45, 2.75) is 13.5 Å². The Kier molecular flexibility index (Phi) is 5.03. The standard InChI is InChI=1S/C12H12Br2N2OS/c1-2-17-12-10(4-3-5-15-12)16-7-8-6-9(13)11(14)18-8/h3-6,16H,2,7H2,1H3. The Morgan fingerprint density at radius 3 is 2.94 bits per heavy atom. The van der Waals surface area contributed by atoms with Gasteiger partial charge in [0.15, 0.2) is 0 Å². The average Bonchev–Trinajstić information content (AvgIpc) is 2.68. The van der Waals surface area contributed by atoms with Gasteiger partial charge in [-0.05, 0) is 57.0 Å². The highest BCUT2D eigenvalue weighted by Crippen LogP contribution is 2.33. The molecule has 3 nitrogen and oxygen atoms in total.